The van der Waals surface area contributed by atoms with Gasteiger partial charge >= 0.3 is 0 Å². The minimum Gasteiger partial charge on any atom is -0.409 e. The number of benzene rings is 1. The van der Waals surface area contributed by atoms with E-state index in [-0.39, 0.29) is 0 Å². The molecule has 0 amide bonds. The van der Waals surface area contributed by atoms with Crippen LogP contribution in [-0.4, -0.2) is 29.5 Å². The molecule has 0 fully saturated rings. The van der Waals surface area contributed by atoms with Gasteiger partial charge in [0.2, 0.25) is 0 Å². The van der Waals surface area contributed by atoms with Gasteiger partial charge in [-0.2, -0.15) is 0 Å². The maximum absolute atomic E-state index is 8.86. The Bertz CT molecular complexity index is 321. The van der Waals surface area contributed by atoms with Gasteiger partial charge in [0.1, 0.15) is 0 Å². The molecule has 0 bridgehead atoms. The molecule has 0 aliphatic carbocycles. The first kappa shape index (κ1) is 10.9. The van der Waals surface area contributed by atoms with Crippen LogP contribution in [-0.2, 0) is 0 Å². The molecule has 0 saturated heterocycles. The Morgan fingerprint density at radius 3 is 2.43 bits per heavy atom. The number of amidine groups is 1. The molecule has 1 rings (SSSR count). The van der Waals surface area contributed by atoms with Gasteiger partial charge < -0.3 is 10.1 Å². The Morgan fingerprint density at radius 2 is 2.00 bits per heavy atom. The van der Waals surface area contributed by atoms with E-state index < -0.39 is 0 Å². The summed E-state index contributed by atoms with van der Waals surface area (Å²) in [6.07, 6.45) is 0. The lowest BCUT2D eigenvalue weighted by Gasteiger charge is -2.17. The number of hydrogen-bond donors (Lipinski definition) is 1. The Kier molecular flexibility index (Phi) is 3.77. The lowest BCUT2D eigenvalue weighted by Crippen LogP contribution is -2.27. The third-order valence-corrected chi connectivity index (χ3v) is 2.29. The second-order valence-corrected chi connectivity index (χ2v) is 3.38. The van der Waals surface area contributed by atoms with Crippen LogP contribution in [0.25, 0.3) is 0 Å². The maximum Gasteiger partial charge on any atom is 0.174 e. The van der Waals surface area contributed by atoms with Crippen molar-refractivity contribution in [2.45, 2.75) is 6.92 Å². The fraction of sp³-hybridized carbons (Fsp3) is 0.300. The van der Waals surface area contributed by atoms with Gasteiger partial charge in [0, 0.05) is 24.2 Å². The first-order chi connectivity index (χ1) is 6.69. The fourth-order valence-corrected chi connectivity index (χ4v) is 1.23. The van der Waals surface area contributed by atoms with Gasteiger partial charge in [0.15, 0.2) is 5.84 Å². The highest BCUT2D eigenvalue weighted by atomic mass is 35.5. The monoisotopic (exact) mass is 212 g/mol. The van der Waals surface area contributed by atoms with Crippen molar-refractivity contribution < 1.29 is 5.21 Å². The van der Waals surface area contributed by atoms with Gasteiger partial charge in [-0.1, -0.05) is 16.8 Å². The Morgan fingerprint density at radius 1 is 1.43 bits per heavy atom. The lowest BCUT2D eigenvalue weighted by molar-refractivity contribution is 0.308. The van der Waals surface area contributed by atoms with Gasteiger partial charge in [-0.05, 0) is 31.2 Å². The molecule has 3 nitrogen and oxygen atoms in total. The number of oxime groups is 1. The molecule has 0 aromatic heterocycles. The van der Waals surface area contributed by atoms with Crippen LogP contribution in [0.15, 0.2) is 29.4 Å². The summed E-state index contributed by atoms with van der Waals surface area (Å²) in [7, 11) is 1.86. The van der Waals surface area contributed by atoms with Gasteiger partial charge in [-0.15, -0.1) is 0 Å². The zero-order valence-electron chi connectivity index (χ0n) is 8.24. The van der Waals surface area contributed by atoms with Gasteiger partial charge in [-0.3, -0.25) is 0 Å². The first-order valence-electron chi connectivity index (χ1n) is 4.38. The number of rotatable bonds is 2. The summed E-state index contributed by atoms with van der Waals surface area (Å²) >= 11 is 5.76. The van der Waals surface area contributed by atoms with Crippen molar-refractivity contribution >= 4 is 17.4 Å². The summed E-state index contributed by atoms with van der Waals surface area (Å²) in [4.78, 5) is 1.85. The Labute approximate surface area is 88.6 Å². The molecule has 0 saturated carbocycles. The number of nitrogens with zero attached hydrogens (tertiary/aromatic N) is 2. The molecule has 0 unspecified atom stereocenters. The van der Waals surface area contributed by atoms with E-state index in [1.807, 2.05) is 31.0 Å². The summed E-state index contributed by atoms with van der Waals surface area (Å²) in [6.45, 7) is 2.77. The minimum atomic E-state index is 0.546. The standard InChI is InChI=1S/C10H13ClN2O/c1-3-13(2)10(12-14)8-4-6-9(11)7-5-8/h4-7,14H,3H2,1-2H3/b12-10+. The molecule has 0 radical (unpaired) electrons. The second-order valence-electron chi connectivity index (χ2n) is 2.94. The molecule has 0 atom stereocenters. The van der Waals surface area contributed by atoms with E-state index in [2.05, 4.69) is 5.16 Å². The third kappa shape index (κ3) is 2.39. The quantitative estimate of drug-likeness (QED) is 0.354. The average molecular weight is 213 g/mol. The van der Waals surface area contributed by atoms with Crippen LogP contribution < -0.4 is 0 Å². The van der Waals surface area contributed by atoms with Crippen LogP contribution in [0, 0.1) is 0 Å². The molecule has 76 valence electrons. The van der Waals surface area contributed by atoms with E-state index >= 15 is 0 Å². The zero-order valence-corrected chi connectivity index (χ0v) is 8.99. The summed E-state index contributed by atoms with van der Waals surface area (Å²) in [5, 5.41) is 12.8. The van der Waals surface area contributed by atoms with Crippen molar-refractivity contribution in [1.82, 2.24) is 4.90 Å². The molecule has 14 heavy (non-hydrogen) atoms. The average Bonchev–Trinajstić information content (AvgIpc) is 2.21. The van der Waals surface area contributed by atoms with Crippen molar-refractivity contribution in [3.8, 4) is 0 Å². The highest BCUT2D eigenvalue weighted by Crippen LogP contribution is 2.11. The lowest BCUT2D eigenvalue weighted by atomic mass is 10.2. The normalized spacial score (nSPS) is 11.5. The van der Waals surface area contributed by atoms with Gasteiger partial charge in [-0.25, -0.2) is 0 Å². The second kappa shape index (κ2) is 4.86. The van der Waals surface area contributed by atoms with Crippen LogP contribution in [0.2, 0.25) is 5.02 Å². The summed E-state index contributed by atoms with van der Waals surface area (Å²) in [5.74, 6) is 0.546. The topological polar surface area (TPSA) is 35.8 Å². The third-order valence-electron chi connectivity index (χ3n) is 2.03. The summed E-state index contributed by atoms with van der Waals surface area (Å²) in [6, 6.07) is 7.18. The van der Waals surface area contributed by atoms with Crippen molar-refractivity contribution in [2.24, 2.45) is 5.16 Å². The fourth-order valence-electron chi connectivity index (χ4n) is 1.10. The van der Waals surface area contributed by atoms with Crippen LogP contribution in [0.1, 0.15) is 12.5 Å². The van der Waals surface area contributed by atoms with E-state index in [1.54, 1.807) is 12.1 Å². The molecule has 0 heterocycles. The molecule has 1 N–H and O–H groups in total. The highest BCUT2D eigenvalue weighted by Gasteiger charge is 2.07. The molecule has 0 aliphatic rings. The Balaban J connectivity index is 2.96. The number of hydrogen-bond acceptors (Lipinski definition) is 2. The van der Waals surface area contributed by atoms with E-state index in [0.29, 0.717) is 10.9 Å². The van der Waals surface area contributed by atoms with Crippen LogP contribution in [0.4, 0.5) is 0 Å². The summed E-state index contributed by atoms with van der Waals surface area (Å²) in [5.41, 5.74) is 0.848. The molecular formula is C10H13ClN2O. The Hall–Kier alpha value is -1.22. The summed E-state index contributed by atoms with van der Waals surface area (Å²) < 4.78 is 0. The van der Waals surface area contributed by atoms with Crippen molar-refractivity contribution in [3.63, 3.8) is 0 Å². The maximum atomic E-state index is 8.86. The van der Waals surface area contributed by atoms with Gasteiger partial charge in [0.25, 0.3) is 0 Å². The molecule has 1 aromatic rings. The number of halogens is 1. The first-order valence-corrected chi connectivity index (χ1v) is 4.76. The van der Waals surface area contributed by atoms with Crippen LogP contribution in [0.5, 0.6) is 0 Å². The van der Waals surface area contributed by atoms with E-state index in [4.69, 9.17) is 16.8 Å². The van der Waals surface area contributed by atoms with E-state index in [1.165, 1.54) is 0 Å². The van der Waals surface area contributed by atoms with Crippen molar-refractivity contribution in [1.29, 1.82) is 0 Å². The SMILES string of the molecule is CCN(C)/C(=N/O)c1ccc(Cl)cc1. The zero-order chi connectivity index (χ0) is 10.6. The molecule has 0 aliphatic heterocycles. The predicted molar refractivity (Wildman–Crippen MR) is 58.1 cm³/mol. The predicted octanol–water partition coefficient (Wildman–Crippen LogP) is 2.43. The molecule has 1 aromatic carbocycles. The minimum absolute atomic E-state index is 0.546. The molecule has 0 spiro atoms. The molecule has 4 heteroatoms. The van der Waals surface area contributed by atoms with Crippen molar-refractivity contribution in [3.05, 3.63) is 34.9 Å². The van der Waals surface area contributed by atoms with Gasteiger partial charge in [0.05, 0.1) is 0 Å². The van der Waals surface area contributed by atoms with E-state index in [0.717, 1.165) is 12.1 Å². The van der Waals surface area contributed by atoms with Crippen LogP contribution >= 0.6 is 11.6 Å². The smallest absolute Gasteiger partial charge is 0.174 e. The van der Waals surface area contributed by atoms with Crippen LogP contribution in [0.3, 0.4) is 0 Å². The highest BCUT2D eigenvalue weighted by molar-refractivity contribution is 6.30. The van der Waals surface area contributed by atoms with E-state index in [9.17, 15) is 0 Å². The molecular weight excluding hydrogens is 200 g/mol. The van der Waals surface area contributed by atoms with Crippen molar-refractivity contribution in [2.75, 3.05) is 13.6 Å². The largest absolute Gasteiger partial charge is 0.409 e.